The van der Waals surface area contributed by atoms with Crippen molar-refractivity contribution >= 4 is 11.0 Å². The summed E-state index contributed by atoms with van der Waals surface area (Å²) in [7, 11) is 0. The van der Waals surface area contributed by atoms with Crippen molar-refractivity contribution < 1.29 is 0 Å². The molecule has 1 heterocycles. The van der Waals surface area contributed by atoms with E-state index >= 15 is 0 Å². The molecule has 72 valence electrons. The van der Waals surface area contributed by atoms with Gasteiger partial charge < -0.3 is 0 Å². The van der Waals surface area contributed by atoms with Gasteiger partial charge in [-0.3, -0.25) is 0 Å². The topological polar surface area (TPSA) is 30.7 Å². The van der Waals surface area contributed by atoms with E-state index in [2.05, 4.69) is 16.8 Å². The lowest BCUT2D eigenvalue weighted by molar-refractivity contribution is 0.543. The summed E-state index contributed by atoms with van der Waals surface area (Å²) in [5, 5.41) is 8.70. The molecule has 0 atom stereocenters. The molecule has 2 rings (SSSR count). The normalized spacial score (nSPS) is 10.6. The lowest BCUT2D eigenvalue weighted by Crippen LogP contribution is -2.02. The van der Waals surface area contributed by atoms with Gasteiger partial charge in [-0.05, 0) is 25.5 Å². The number of aromatic nitrogens is 3. The van der Waals surface area contributed by atoms with E-state index in [9.17, 15) is 0 Å². The van der Waals surface area contributed by atoms with E-state index in [1.807, 2.05) is 31.2 Å². The smallest absolute Gasteiger partial charge is 0.113 e. The van der Waals surface area contributed by atoms with E-state index < -0.39 is 0 Å². The van der Waals surface area contributed by atoms with Crippen LogP contribution in [0.15, 0.2) is 36.4 Å². The summed E-state index contributed by atoms with van der Waals surface area (Å²) < 4.78 is 0. The molecular weight excluding hydrogens is 174 g/mol. The largest absolute Gasteiger partial charge is 0.183 e. The highest BCUT2D eigenvalue weighted by Gasteiger charge is 2.00. The van der Waals surface area contributed by atoms with Gasteiger partial charge in [-0.2, -0.15) is 15.0 Å². The Morgan fingerprint density at radius 3 is 2.36 bits per heavy atom. The van der Waals surface area contributed by atoms with E-state index in [0.29, 0.717) is 0 Å². The van der Waals surface area contributed by atoms with Crippen LogP contribution < -0.4 is 0 Å². The summed E-state index contributed by atoms with van der Waals surface area (Å²) in [4.78, 5) is 1.74. The summed E-state index contributed by atoms with van der Waals surface area (Å²) in [6.07, 6.45) is 0.932. The molecule has 0 spiro atoms. The fourth-order valence-corrected chi connectivity index (χ4v) is 1.30. The minimum Gasteiger partial charge on any atom is -0.183 e. The molecule has 2 aromatic rings. The predicted molar refractivity (Wildman–Crippen MR) is 57.0 cm³/mol. The zero-order valence-electron chi connectivity index (χ0n) is 8.27. The third-order valence-electron chi connectivity index (χ3n) is 2.07. The molecule has 1 aromatic carbocycles. The summed E-state index contributed by atoms with van der Waals surface area (Å²) in [5.41, 5.74) is 3.06. The third kappa shape index (κ3) is 1.82. The van der Waals surface area contributed by atoms with E-state index in [1.54, 1.807) is 4.80 Å². The van der Waals surface area contributed by atoms with Gasteiger partial charge in [0.1, 0.15) is 11.0 Å². The maximum atomic E-state index is 4.35. The Labute approximate surface area is 83.0 Å². The van der Waals surface area contributed by atoms with Gasteiger partial charge in [0.25, 0.3) is 0 Å². The summed E-state index contributed by atoms with van der Waals surface area (Å²) in [5.74, 6) is 0. The molecule has 1 aromatic heterocycles. The van der Waals surface area contributed by atoms with Crippen LogP contribution >= 0.6 is 0 Å². The standard InChI is InChI=1S/C11H13N3/c1-9(2)7-8-14-12-10-5-3-4-6-11(10)13-14/h3-6H,1,7-8H2,2H3. The van der Waals surface area contributed by atoms with Crippen LogP contribution in [0, 0.1) is 0 Å². The van der Waals surface area contributed by atoms with Gasteiger partial charge in [-0.15, -0.1) is 6.58 Å². The Bertz CT molecular complexity index is 423. The predicted octanol–water partition coefficient (Wildman–Crippen LogP) is 2.40. The van der Waals surface area contributed by atoms with Gasteiger partial charge in [-0.25, -0.2) is 0 Å². The highest BCUT2D eigenvalue weighted by atomic mass is 15.5. The lowest BCUT2D eigenvalue weighted by atomic mass is 10.2. The summed E-state index contributed by atoms with van der Waals surface area (Å²) in [6.45, 7) is 6.68. The van der Waals surface area contributed by atoms with Crippen LogP contribution in [-0.2, 0) is 6.54 Å². The molecule has 3 nitrogen and oxygen atoms in total. The molecule has 0 N–H and O–H groups in total. The van der Waals surface area contributed by atoms with Crippen LogP contribution in [-0.4, -0.2) is 15.0 Å². The lowest BCUT2D eigenvalue weighted by Gasteiger charge is -1.97. The average Bonchev–Trinajstić information content (AvgIpc) is 2.57. The minimum atomic E-state index is 0.810. The van der Waals surface area contributed by atoms with Gasteiger partial charge in [0, 0.05) is 0 Å². The van der Waals surface area contributed by atoms with E-state index in [4.69, 9.17) is 0 Å². The summed E-state index contributed by atoms with van der Waals surface area (Å²) >= 11 is 0. The first-order chi connectivity index (χ1) is 6.75. The Morgan fingerprint density at radius 1 is 1.29 bits per heavy atom. The van der Waals surface area contributed by atoms with Crippen LogP contribution in [0.5, 0.6) is 0 Å². The van der Waals surface area contributed by atoms with Crippen molar-refractivity contribution in [2.75, 3.05) is 0 Å². The first-order valence-corrected chi connectivity index (χ1v) is 4.70. The minimum absolute atomic E-state index is 0.810. The van der Waals surface area contributed by atoms with E-state index in [0.717, 1.165) is 29.6 Å². The number of aryl methyl sites for hydroxylation is 1. The van der Waals surface area contributed by atoms with Crippen LogP contribution in [0.1, 0.15) is 13.3 Å². The highest BCUT2D eigenvalue weighted by Crippen LogP contribution is 2.07. The fourth-order valence-electron chi connectivity index (χ4n) is 1.30. The van der Waals surface area contributed by atoms with Gasteiger partial charge in [0.15, 0.2) is 0 Å². The Balaban J connectivity index is 2.22. The van der Waals surface area contributed by atoms with Crippen molar-refractivity contribution in [1.29, 1.82) is 0 Å². The molecule has 0 aliphatic rings. The quantitative estimate of drug-likeness (QED) is 0.691. The second-order valence-corrected chi connectivity index (χ2v) is 3.49. The number of benzene rings is 1. The van der Waals surface area contributed by atoms with Crippen molar-refractivity contribution in [2.45, 2.75) is 19.9 Å². The monoisotopic (exact) mass is 187 g/mol. The number of fused-ring (bicyclic) bond motifs is 1. The van der Waals surface area contributed by atoms with Crippen LogP contribution in [0.25, 0.3) is 11.0 Å². The zero-order valence-corrected chi connectivity index (χ0v) is 8.27. The van der Waals surface area contributed by atoms with Gasteiger partial charge in [-0.1, -0.05) is 17.7 Å². The molecule has 0 saturated carbocycles. The average molecular weight is 187 g/mol. The second kappa shape index (κ2) is 3.62. The fraction of sp³-hybridized carbons (Fsp3) is 0.273. The van der Waals surface area contributed by atoms with E-state index in [-0.39, 0.29) is 0 Å². The van der Waals surface area contributed by atoms with E-state index in [1.165, 1.54) is 0 Å². The third-order valence-corrected chi connectivity index (χ3v) is 2.07. The van der Waals surface area contributed by atoms with Crippen LogP contribution in [0.2, 0.25) is 0 Å². The Morgan fingerprint density at radius 2 is 1.86 bits per heavy atom. The maximum absolute atomic E-state index is 4.35. The van der Waals surface area contributed by atoms with Crippen molar-refractivity contribution in [2.24, 2.45) is 0 Å². The Kier molecular flexibility index (Phi) is 2.31. The van der Waals surface area contributed by atoms with Gasteiger partial charge >= 0.3 is 0 Å². The Hall–Kier alpha value is -1.64. The highest BCUT2D eigenvalue weighted by molar-refractivity contribution is 5.72. The second-order valence-electron chi connectivity index (χ2n) is 3.49. The molecule has 0 bridgehead atoms. The molecule has 0 saturated heterocycles. The molecule has 0 unspecified atom stereocenters. The molecule has 0 radical (unpaired) electrons. The van der Waals surface area contributed by atoms with Crippen LogP contribution in [0.4, 0.5) is 0 Å². The molecule has 14 heavy (non-hydrogen) atoms. The molecule has 0 amide bonds. The van der Waals surface area contributed by atoms with Crippen LogP contribution in [0.3, 0.4) is 0 Å². The number of hydrogen-bond acceptors (Lipinski definition) is 2. The first kappa shape index (κ1) is 8.94. The first-order valence-electron chi connectivity index (χ1n) is 4.70. The summed E-state index contributed by atoms with van der Waals surface area (Å²) in [6, 6.07) is 7.89. The molecule has 0 aliphatic carbocycles. The van der Waals surface area contributed by atoms with Crippen molar-refractivity contribution in [1.82, 2.24) is 15.0 Å². The number of nitrogens with zero attached hydrogens (tertiary/aromatic N) is 3. The number of allylic oxidation sites excluding steroid dienone is 1. The SMILES string of the molecule is C=C(C)CCn1nc2ccccc2n1. The van der Waals surface area contributed by atoms with Crippen molar-refractivity contribution in [3.63, 3.8) is 0 Å². The van der Waals surface area contributed by atoms with Gasteiger partial charge in [0.05, 0.1) is 6.54 Å². The number of rotatable bonds is 3. The van der Waals surface area contributed by atoms with Gasteiger partial charge in [0.2, 0.25) is 0 Å². The molecule has 0 aliphatic heterocycles. The van der Waals surface area contributed by atoms with Crippen molar-refractivity contribution in [3.8, 4) is 0 Å². The maximum Gasteiger partial charge on any atom is 0.113 e. The molecule has 0 fully saturated rings. The molecular formula is C11H13N3. The van der Waals surface area contributed by atoms with Crippen molar-refractivity contribution in [3.05, 3.63) is 36.4 Å². The zero-order chi connectivity index (χ0) is 9.97. The molecule has 3 heteroatoms. The number of hydrogen-bond donors (Lipinski definition) is 0.